The third kappa shape index (κ3) is 6.15. The fourth-order valence-corrected chi connectivity index (χ4v) is 5.26. The average Bonchev–Trinajstić information content (AvgIpc) is 3.34. The third-order valence-corrected chi connectivity index (χ3v) is 7.58. The summed E-state index contributed by atoms with van der Waals surface area (Å²) in [5.74, 6) is -2.20. The zero-order valence-corrected chi connectivity index (χ0v) is 23.4. The number of hydrogen-bond acceptors (Lipinski definition) is 7. The smallest absolute Gasteiger partial charge is 0.213 e. The molecule has 2 aromatic carbocycles. The third-order valence-electron chi connectivity index (χ3n) is 7.58. The van der Waals surface area contributed by atoms with Crippen molar-refractivity contribution >= 4 is 16.8 Å². The van der Waals surface area contributed by atoms with Crippen LogP contribution < -0.4 is 4.74 Å². The summed E-state index contributed by atoms with van der Waals surface area (Å²) in [7, 11) is 1.56. The number of hydrogen-bond donors (Lipinski definition) is 0. The fourth-order valence-electron chi connectivity index (χ4n) is 5.26. The Morgan fingerprint density at radius 1 is 1.10 bits per heavy atom. The highest BCUT2D eigenvalue weighted by Gasteiger charge is 2.26. The van der Waals surface area contributed by atoms with Crippen LogP contribution in [0, 0.1) is 28.8 Å². The van der Waals surface area contributed by atoms with Crippen molar-refractivity contribution in [1.82, 2.24) is 19.4 Å². The lowest BCUT2D eigenvalue weighted by Gasteiger charge is -2.31. The Morgan fingerprint density at radius 2 is 1.88 bits per heavy atom. The quantitative estimate of drug-likeness (QED) is 0.229. The van der Waals surface area contributed by atoms with E-state index >= 15 is 0 Å². The second kappa shape index (κ2) is 12.7. The van der Waals surface area contributed by atoms with Gasteiger partial charge in [0.1, 0.15) is 23.8 Å². The first-order valence-corrected chi connectivity index (χ1v) is 13.7. The highest BCUT2D eigenvalue weighted by molar-refractivity contribution is 5.97. The summed E-state index contributed by atoms with van der Waals surface area (Å²) in [5.41, 5.74) is 1.44. The molecule has 2 aromatic heterocycles. The number of rotatable bonds is 10. The number of aromatic nitrogens is 3. The van der Waals surface area contributed by atoms with Gasteiger partial charge in [-0.2, -0.15) is 5.26 Å². The van der Waals surface area contributed by atoms with Crippen LogP contribution in [0.4, 0.5) is 13.2 Å². The molecular formula is C31H30F3N5O3. The number of nitriles is 1. The predicted molar refractivity (Wildman–Crippen MR) is 148 cm³/mol. The molecule has 8 nitrogen and oxygen atoms in total. The molecule has 0 spiro atoms. The Morgan fingerprint density at radius 3 is 2.57 bits per heavy atom. The van der Waals surface area contributed by atoms with Crippen molar-refractivity contribution in [2.45, 2.75) is 45.4 Å². The first kappa shape index (κ1) is 29.2. The maximum atomic E-state index is 14.9. The molecule has 3 heterocycles. The largest absolute Gasteiger partial charge is 0.473 e. The first-order valence-electron chi connectivity index (χ1n) is 13.7. The van der Waals surface area contributed by atoms with E-state index in [2.05, 4.69) is 14.9 Å². The van der Waals surface area contributed by atoms with Crippen LogP contribution in [0.1, 0.15) is 58.7 Å². The van der Waals surface area contributed by atoms with Gasteiger partial charge in [0.15, 0.2) is 17.4 Å². The molecule has 1 aliphatic heterocycles. The molecule has 0 N–H and O–H groups in total. The van der Waals surface area contributed by atoms with E-state index in [1.54, 1.807) is 23.8 Å². The minimum Gasteiger partial charge on any atom is -0.473 e. The molecule has 5 rings (SSSR count). The van der Waals surface area contributed by atoms with Gasteiger partial charge in [0.25, 0.3) is 0 Å². The van der Waals surface area contributed by atoms with Crippen molar-refractivity contribution < 1.29 is 27.4 Å². The minimum atomic E-state index is -1.18. The van der Waals surface area contributed by atoms with Crippen molar-refractivity contribution in [3.8, 4) is 11.9 Å². The van der Waals surface area contributed by atoms with Crippen LogP contribution in [0.25, 0.3) is 11.0 Å². The number of halogens is 3. The average molecular weight is 578 g/mol. The number of likely N-dealkylation sites (tertiary alicyclic amines) is 1. The van der Waals surface area contributed by atoms with Gasteiger partial charge in [0, 0.05) is 36.9 Å². The number of piperidine rings is 1. The van der Waals surface area contributed by atoms with Crippen molar-refractivity contribution in [2.24, 2.45) is 0 Å². The van der Waals surface area contributed by atoms with Crippen LogP contribution in [-0.4, -0.2) is 52.0 Å². The van der Waals surface area contributed by atoms with Gasteiger partial charge in [-0.15, -0.1) is 0 Å². The molecule has 0 radical (unpaired) electrons. The monoisotopic (exact) mass is 577 g/mol. The lowest BCUT2D eigenvalue weighted by Crippen LogP contribution is -2.33. The molecule has 0 unspecified atom stereocenters. The molecule has 11 heteroatoms. The van der Waals surface area contributed by atoms with Gasteiger partial charge >= 0.3 is 0 Å². The number of Topliss-reactive ketones (excluding diaryl/α,β-unsaturated/α-hetero) is 1. The molecule has 42 heavy (non-hydrogen) atoms. The number of pyridine rings is 1. The van der Waals surface area contributed by atoms with Gasteiger partial charge in [0.05, 0.1) is 35.9 Å². The number of nitrogens with zero attached hydrogens (tertiary/aromatic N) is 5. The first-order chi connectivity index (χ1) is 20.3. The summed E-state index contributed by atoms with van der Waals surface area (Å²) in [6.45, 7) is 3.81. The van der Waals surface area contributed by atoms with Crippen LogP contribution >= 0.6 is 0 Å². The van der Waals surface area contributed by atoms with E-state index in [1.807, 2.05) is 18.2 Å². The van der Waals surface area contributed by atoms with E-state index in [0.29, 0.717) is 42.5 Å². The van der Waals surface area contributed by atoms with Crippen LogP contribution in [-0.2, 0) is 24.4 Å². The number of benzene rings is 2. The number of carbonyl (C=O) groups excluding carboxylic acids is 1. The Kier molecular flexibility index (Phi) is 8.85. The zero-order valence-electron chi connectivity index (χ0n) is 23.4. The summed E-state index contributed by atoms with van der Waals surface area (Å²) >= 11 is 0. The van der Waals surface area contributed by atoms with Crippen LogP contribution in [0.3, 0.4) is 0 Å². The molecular weight excluding hydrogens is 547 g/mol. The van der Waals surface area contributed by atoms with Gasteiger partial charge in [-0.3, -0.25) is 9.69 Å². The fraction of sp³-hybridized carbons (Fsp3) is 0.355. The van der Waals surface area contributed by atoms with Crippen molar-refractivity contribution in [3.05, 3.63) is 88.1 Å². The number of fused-ring (bicyclic) bond motifs is 1. The van der Waals surface area contributed by atoms with E-state index in [9.17, 15) is 18.0 Å². The second-order valence-corrected chi connectivity index (χ2v) is 10.3. The predicted octanol–water partition coefficient (Wildman–Crippen LogP) is 5.53. The molecule has 1 aliphatic rings. The minimum absolute atomic E-state index is 0.00504. The topological polar surface area (TPSA) is 93.3 Å². The van der Waals surface area contributed by atoms with Gasteiger partial charge in [-0.25, -0.2) is 23.1 Å². The highest BCUT2D eigenvalue weighted by Crippen LogP contribution is 2.30. The SMILES string of the molecule is COCCn1c(CN2CCC(c3cccc(OCc4ccc(C#N)cc4F)n3)CC2)nc2c(F)c(F)c(C(C)=O)cc21. The van der Waals surface area contributed by atoms with E-state index in [-0.39, 0.29) is 29.2 Å². The van der Waals surface area contributed by atoms with E-state index in [1.165, 1.54) is 25.1 Å². The van der Waals surface area contributed by atoms with Crippen LogP contribution in [0.2, 0.25) is 0 Å². The zero-order chi connectivity index (χ0) is 29.8. The Labute approximate surface area is 241 Å². The molecule has 0 aliphatic carbocycles. The number of carbonyl (C=O) groups is 1. The Hall–Kier alpha value is -4.27. The molecule has 1 saturated heterocycles. The molecule has 0 amide bonds. The standard InChI is InChI=1S/C31H30F3N5O3/c1-19(40)23-15-26-31(30(34)29(23)33)37-27(39(26)12-13-41-2)17-38-10-8-21(9-11-38)25-4-3-5-28(36-25)42-18-22-7-6-20(16-35)14-24(22)32/h3-7,14-15,21H,8-13,17-18H2,1-2H3. The molecule has 0 saturated carbocycles. The summed E-state index contributed by atoms with van der Waals surface area (Å²) in [5, 5.41) is 8.92. The molecule has 1 fully saturated rings. The molecule has 4 aromatic rings. The summed E-state index contributed by atoms with van der Waals surface area (Å²) in [4.78, 5) is 23.2. The summed E-state index contributed by atoms with van der Waals surface area (Å²) in [6, 6.07) is 13.1. The van der Waals surface area contributed by atoms with E-state index in [4.69, 9.17) is 14.7 Å². The maximum Gasteiger partial charge on any atom is 0.213 e. The number of imidazole rings is 1. The Bertz CT molecular complexity index is 1660. The lowest BCUT2D eigenvalue weighted by atomic mass is 9.93. The van der Waals surface area contributed by atoms with Crippen molar-refractivity contribution in [1.29, 1.82) is 5.26 Å². The maximum absolute atomic E-state index is 14.9. The number of ether oxygens (including phenoxy) is 2. The van der Waals surface area contributed by atoms with Crippen molar-refractivity contribution in [3.63, 3.8) is 0 Å². The van der Waals surface area contributed by atoms with Gasteiger partial charge < -0.3 is 14.0 Å². The second-order valence-electron chi connectivity index (χ2n) is 10.3. The lowest BCUT2D eigenvalue weighted by molar-refractivity contribution is 0.101. The molecule has 218 valence electrons. The Balaban J connectivity index is 1.26. The van der Waals surface area contributed by atoms with Crippen LogP contribution in [0.5, 0.6) is 5.88 Å². The number of ketones is 1. The van der Waals surface area contributed by atoms with E-state index in [0.717, 1.165) is 31.6 Å². The summed E-state index contributed by atoms with van der Waals surface area (Å²) in [6.07, 6.45) is 1.63. The van der Waals surface area contributed by atoms with Gasteiger partial charge in [-0.05, 0) is 57.1 Å². The van der Waals surface area contributed by atoms with Crippen LogP contribution in [0.15, 0.2) is 42.5 Å². The normalized spacial score (nSPS) is 14.3. The summed E-state index contributed by atoms with van der Waals surface area (Å²) < 4.78 is 56.4. The van der Waals surface area contributed by atoms with Gasteiger partial charge in [0.2, 0.25) is 5.88 Å². The van der Waals surface area contributed by atoms with Crippen molar-refractivity contribution in [2.75, 3.05) is 26.8 Å². The molecule has 0 bridgehead atoms. The molecule has 0 atom stereocenters. The van der Waals surface area contributed by atoms with E-state index < -0.39 is 23.2 Å². The van der Waals surface area contributed by atoms with Gasteiger partial charge in [-0.1, -0.05) is 12.1 Å². The highest BCUT2D eigenvalue weighted by atomic mass is 19.2. The number of methoxy groups -OCH3 is 1.